The van der Waals surface area contributed by atoms with E-state index in [2.05, 4.69) is 14.7 Å². The fraction of sp³-hybridized carbons (Fsp3) is 0.556. The lowest BCUT2D eigenvalue weighted by molar-refractivity contribution is -0.149. The number of aryl methyl sites for hydroxylation is 1. The molecule has 0 aliphatic rings. The number of alkyl halides is 4. The Labute approximate surface area is 94.8 Å². The Morgan fingerprint density at radius 1 is 1.41 bits per heavy atom. The summed E-state index contributed by atoms with van der Waals surface area (Å²) in [5, 5.41) is 0. The van der Waals surface area contributed by atoms with Gasteiger partial charge in [-0.2, -0.15) is 13.8 Å². The smallest absolute Gasteiger partial charge is 0.340 e. The third-order valence-corrected chi connectivity index (χ3v) is 1.81. The predicted molar refractivity (Wildman–Crippen MR) is 51.1 cm³/mol. The molecule has 17 heavy (non-hydrogen) atoms. The Morgan fingerprint density at radius 2 is 2.06 bits per heavy atom. The highest BCUT2D eigenvalue weighted by Gasteiger charge is 2.42. The first kappa shape index (κ1) is 13.6. The predicted octanol–water partition coefficient (Wildman–Crippen LogP) is 1.52. The molecular weight excluding hydrogens is 242 g/mol. The SMILES string of the molecule is Cc1cc(CN)nc(OCC(F)(F)C(F)F)n1. The van der Waals surface area contributed by atoms with Crippen LogP contribution in [-0.2, 0) is 6.54 Å². The Balaban J connectivity index is 2.72. The third-order valence-electron chi connectivity index (χ3n) is 1.81. The highest BCUT2D eigenvalue weighted by atomic mass is 19.3. The summed E-state index contributed by atoms with van der Waals surface area (Å²) in [7, 11) is 0. The fourth-order valence-electron chi connectivity index (χ4n) is 0.997. The van der Waals surface area contributed by atoms with Crippen molar-refractivity contribution in [3.8, 4) is 6.01 Å². The molecule has 0 amide bonds. The van der Waals surface area contributed by atoms with Gasteiger partial charge in [-0.05, 0) is 13.0 Å². The molecule has 0 spiro atoms. The van der Waals surface area contributed by atoms with Gasteiger partial charge in [0, 0.05) is 12.2 Å². The number of aromatic nitrogens is 2. The van der Waals surface area contributed by atoms with Gasteiger partial charge in [-0.1, -0.05) is 0 Å². The summed E-state index contributed by atoms with van der Waals surface area (Å²) in [5.74, 6) is -4.23. The molecule has 0 atom stereocenters. The van der Waals surface area contributed by atoms with Gasteiger partial charge < -0.3 is 10.5 Å². The molecule has 0 bridgehead atoms. The van der Waals surface area contributed by atoms with Crippen LogP contribution in [0.25, 0.3) is 0 Å². The van der Waals surface area contributed by atoms with E-state index in [1.165, 1.54) is 6.07 Å². The van der Waals surface area contributed by atoms with Gasteiger partial charge in [0.25, 0.3) is 0 Å². The number of hydrogen-bond acceptors (Lipinski definition) is 4. The van der Waals surface area contributed by atoms with E-state index in [9.17, 15) is 17.6 Å². The topological polar surface area (TPSA) is 61.0 Å². The second-order valence-electron chi connectivity index (χ2n) is 3.34. The highest BCUT2D eigenvalue weighted by Crippen LogP contribution is 2.23. The van der Waals surface area contributed by atoms with Crippen LogP contribution in [0.3, 0.4) is 0 Å². The van der Waals surface area contributed by atoms with Gasteiger partial charge in [0.15, 0.2) is 6.61 Å². The van der Waals surface area contributed by atoms with Crippen molar-refractivity contribution in [2.45, 2.75) is 25.8 Å². The van der Waals surface area contributed by atoms with Gasteiger partial charge in [0.05, 0.1) is 5.69 Å². The maximum atomic E-state index is 12.6. The van der Waals surface area contributed by atoms with Crippen molar-refractivity contribution in [2.24, 2.45) is 5.73 Å². The van der Waals surface area contributed by atoms with Crippen LogP contribution < -0.4 is 10.5 Å². The first-order valence-electron chi connectivity index (χ1n) is 4.68. The van der Waals surface area contributed by atoms with E-state index >= 15 is 0 Å². The van der Waals surface area contributed by atoms with E-state index in [1.54, 1.807) is 6.92 Å². The van der Waals surface area contributed by atoms with E-state index < -0.39 is 19.0 Å². The van der Waals surface area contributed by atoms with E-state index in [4.69, 9.17) is 5.73 Å². The first-order valence-corrected chi connectivity index (χ1v) is 4.68. The van der Waals surface area contributed by atoms with E-state index in [-0.39, 0.29) is 12.6 Å². The molecule has 1 rings (SSSR count). The molecule has 0 fully saturated rings. The van der Waals surface area contributed by atoms with Crippen molar-refractivity contribution in [3.05, 3.63) is 17.5 Å². The molecule has 4 nitrogen and oxygen atoms in total. The Morgan fingerprint density at radius 3 is 2.59 bits per heavy atom. The van der Waals surface area contributed by atoms with Crippen molar-refractivity contribution < 1.29 is 22.3 Å². The van der Waals surface area contributed by atoms with Crippen LogP contribution in [-0.4, -0.2) is 28.9 Å². The summed E-state index contributed by atoms with van der Waals surface area (Å²) in [5.41, 5.74) is 6.14. The average molecular weight is 253 g/mol. The van der Waals surface area contributed by atoms with Gasteiger partial charge in [-0.25, -0.2) is 13.8 Å². The lowest BCUT2D eigenvalue weighted by Gasteiger charge is -2.15. The minimum Gasteiger partial charge on any atom is -0.457 e. The van der Waals surface area contributed by atoms with E-state index in [0.29, 0.717) is 11.4 Å². The number of rotatable bonds is 5. The van der Waals surface area contributed by atoms with Gasteiger partial charge in [-0.3, -0.25) is 0 Å². The number of hydrogen-bond donors (Lipinski definition) is 1. The molecule has 1 heterocycles. The molecular formula is C9H11F4N3O. The van der Waals surface area contributed by atoms with Crippen LogP contribution in [0.15, 0.2) is 6.07 Å². The van der Waals surface area contributed by atoms with Gasteiger partial charge >= 0.3 is 18.4 Å². The van der Waals surface area contributed by atoms with E-state index in [0.717, 1.165) is 0 Å². The Bertz CT molecular complexity index is 387. The summed E-state index contributed by atoms with van der Waals surface area (Å²) in [6, 6.07) is 1.16. The third kappa shape index (κ3) is 3.81. The summed E-state index contributed by atoms with van der Waals surface area (Å²) >= 11 is 0. The van der Waals surface area contributed by atoms with Crippen molar-refractivity contribution in [1.29, 1.82) is 0 Å². The molecule has 0 aliphatic heterocycles. The average Bonchev–Trinajstić information content (AvgIpc) is 2.25. The van der Waals surface area contributed by atoms with Crippen LogP contribution in [0, 0.1) is 6.92 Å². The number of nitrogens with zero attached hydrogens (tertiary/aromatic N) is 2. The molecule has 2 N–H and O–H groups in total. The van der Waals surface area contributed by atoms with Crippen molar-refractivity contribution >= 4 is 0 Å². The minimum absolute atomic E-state index is 0.0744. The molecule has 0 aromatic carbocycles. The molecule has 1 aromatic rings. The zero-order valence-electron chi connectivity index (χ0n) is 8.96. The first-order chi connectivity index (χ1) is 7.85. The Hall–Kier alpha value is -1.44. The molecule has 0 unspecified atom stereocenters. The zero-order valence-corrected chi connectivity index (χ0v) is 8.96. The molecule has 8 heteroatoms. The molecule has 1 aromatic heterocycles. The molecule has 0 saturated heterocycles. The quantitative estimate of drug-likeness (QED) is 0.808. The van der Waals surface area contributed by atoms with Crippen LogP contribution >= 0.6 is 0 Å². The highest BCUT2D eigenvalue weighted by molar-refractivity contribution is 5.12. The van der Waals surface area contributed by atoms with Gasteiger partial charge in [-0.15, -0.1) is 0 Å². The maximum Gasteiger partial charge on any atom is 0.340 e. The second kappa shape index (κ2) is 5.26. The maximum absolute atomic E-state index is 12.6. The summed E-state index contributed by atoms with van der Waals surface area (Å²) < 4.78 is 53.3. The Kier molecular flexibility index (Phi) is 4.22. The second-order valence-corrected chi connectivity index (χ2v) is 3.34. The molecule has 96 valence electrons. The zero-order chi connectivity index (χ0) is 13.1. The van der Waals surface area contributed by atoms with Crippen LogP contribution in [0.5, 0.6) is 6.01 Å². The number of halogens is 4. The monoisotopic (exact) mass is 253 g/mol. The molecule has 0 saturated carbocycles. The summed E-state index contributed by atoms with van der Waals surface area (Å²) in [4.78, 5) is 7.35. The van der Waals surface area contributed by atoms with E-state index in [1.807, 2.05) is 0 Å². The van der Waals surface area contributed by atoms with Crippen LogP contribution in [0.4, 0.5) is 17.6 Å². The standard InChI is InChI=1S/C9H11F4N3O/c1-5-2-6(3-14)16-8(15-5)17-4-9(12,13)7(10)11/h2,7H,3-4,14H2,1H3. The molecule has 0 aliphatic carbocycles. The van der Waals surface area contributed by atoms with Crippen LogP contribution in [0.1, 0.15) is 11.4 Å². The number of nitrogens with two attached hydrogens (primary N) is 1. The van der Waals surface area contributed by atoms with Crippen molar-refractivity contribution in [1.82, 2.24) is 9.97 Å². The van der Waals surface area contributed by atoms with Crippen molar-refractivity contribution in [3.63, 3.8) is 0 Å². The van der Waals surface area contributed by atoms with Crippen molar-refractivity contribution in [2.75, 3.05) is 6.61 Å². The largest absolute Gasteiger partial charge is 0.457 e. The fourth-order valence-corrected chi connectivity index (χ4v) is 0.997. The lowest BCUT2D eigenvalue weighted by Crippen LogP contribution is -2.34. The summed E-state index contributed by atoms with van der Waals surface area (Å²) in [6.07, 6.45) is -3.79. The van der Waals surface area contributed by atoms with Crippen LogP contribution in [0.2, 0.25) is 0 Å². The van der Waals surface area contributed by atoms with Gasteiger partial charge in [0.2, 0.25) is 0 Å². The number of ether oxygens (including phenoxy) is 1. The van der Waals surface area contributed by atoms with Gasteiger partial charge in [0.1, 0.15) is 0 Å². The molecule has 0 radical (unpaired) electrons. The normalized spacial score (nSPS) is 11.9. The minimum atomic E-state index is -4.23. The lowest BCUT2D eigenvalue weighted by atomic mass is 10.3. The summed E-state index contributed by atoms with van der Waals surface area (Å²) in [6.45, 7) is 0.183.